The quantitative estimate of drug-likeness (QED) is 0.790. The van der Waals surface area contributed by atoms with Crippen LogP contribution in [0.25, 0.3) is 0 Å². The number of aromatic nitrogens is 2. The summed E-state index contributed by atoms with van der Waals surface area (Å²) in [5, 5.41) is 3.52. The van der Waals surface area contributed by atoms with Crippen LogP contribution in [-0.2, 0) is 6.54 Å². The maximum atomic E-state index is 3.98. The summed E-state index contributed by atoms with van der Waals surface area (Å²) in [6, 6.07) is 0.767. The first-order valence-electron chi connectivity index (χ1n) is 5.10. The molecule has 4 heteroatoms. The van der Waals surface area contributed by atoms with Crippen molar-refractivity contribution < 1.29 is 0 Å². The molecule has 1 saturated carbocycles. The van der Waals surface area contributed by atoms with Crippen molar-refractivity contribution in [1.29, 1.82) is 0 Å². The van der Waals surface area contributed by atoms with Gasteiger partial charge in [-0.15, -0.1) is 12.4 Å². The van der Waals surface area contributed by atoms with E-state index in [0.717, 1.165) is 18.5 Å². The van der Waals surface area contributed by atoms with Crippen molar-refractivity contribution >= 4 is 12.4 Å². The molecule has 0 spiro atoms. The zero-order valence-corrected chi connectivity index (χ0v) is 9.31. The first-order valence-corrected chi connectivity index (χ1v) is 5.10. The standard InChI is InChI=1S/C10H17N3.ClH/c1-2-3-8-4-10(8)12-6-9-5-11-7-13-9;/h5,7-8,10,12H,2-4,6H2,1H3,(H,11,13);1H. The van der Waals surface area contributed by atoms with Gasteiger partial charge < -0.3 is 10.3 Å². The second kappa shape index (κ2) is 5.37. The smallest absolute Gasteiger partial charge is 0.0922 e. The molecule has 80 valence electrons. The summed E-state index contributed by atoms with van der Waals surface area (Å²) in [4.78, 5) is 7.07. The molecule has 0 radical (unpaired) electrons. The van der Waals surface area contributed by atoms with E-state index < -0.39 is 0 Å². The van der Waals surface area contributed by atoms with Gasteiger partial charge >= 0.3 is 0 Å². The van der Waals surface area contributed by atoms with Gasteiger partial charge in [0.15, 0.2) is 0 Å². The minimum atomic E-state index is 0. The molecular formula is C10H18ClN3. The van der Waals surface area contributed by atoms with Crippen LogP contribution in [0.1, 0.15) is 31.9 Å². The Kier molecular flexibility index (Phi) is 4.42. The summed E-state index contributed by atoms with van der Waals surface area (Å²) in [5.74, 6) is 0.938. The van der Waals surface area contributed by atoms with Crippen LogP contribution in [-0.4, -0.2) is 16.0 Å². The fourth-order valence-corrected chi connectivity index (χ4v) is 1.81. The molecule has 2 N–H and O–H groups in total. The summed E-state index contributed by atoms with van der Waals surface area (Å²) in [6.07, 6.45) is 7.66. The van der Waals surface area contributed by atoms with Crippen LogP contribution in [0.5, 0.6) is 0 Å². The number of nitrogens with one attached hydrogen (secondary N) is 2. The summed E-state index contributed by atoms with van der Waals surface area (Å²) >= 11 is 0. The molecule has 0 aromatic carbocycles. The highest BCUT2D eigenvalue weighted by molar-refractivity contribution is 5.85. The highest BCUT2D eigenvalue weighted by Crippen LogP contribution is 2.34. The summed E-state index contributed by atoms with van der Waals surface area (Å²) in [7, 11) is 0. The highest BCUT2D eigenvalue weighted by atomic mass is 35.5. The van der Waals surface area contributed by atoms with Crippen LogP contribution in [0, 0.1) is 5.92 Å². The zero-order chi connectivity index (χ0) is 9.10. The second-order valence-corrected chi connectivity index (χ2v) is 3.85. The molecule has 0 saturated heterocycles. The lowest BCUT2D eigenvalue weighted by Gasteiger charge is -2.00. The Balaban J connectivity index is 0.000000980. The lowest BCUT2D eigenvalue weighted by Crippen LogP contribution is -2.17. The van der Waals surface area contributed by atoms with Gasteiger partial charge in [-0.25, -0.2) is 4.98 Å². The second-order valence-electron chi connectivity index (χ2n) is 3.85. The monoisotopic (exact) mass is 215 g/mol. The largest absolute Gasteiger partial charge is 0.347 e. The Morgan fingerprint density at radius 1 is 1.64 bits per heavy atom. The van der Waals surface area contributed by atoms with Crippen molar-refractivity contribution in [2.45, 2.75) is 38.8 Å². The Morgan fingerprint density at radius 2 is 2.50 bits per heavy atom. The molecule has 2 unspecified atom stereocenters. The minimum Gasteiger partial charge on any atom is -0.347 e. The first-order chi connectivity index (χ1) is 6.40. The van der Waals surface area contributed by atoms with Crippen LogP contribution in [0.2, 0.25) is 0 Å². The van der Waals surface area contributed by atoms with E-state index in [1.54, 1.807) is 6.33 Å². The third-order valence-electron chi connectivity index (χ3n) is 2.69. The number of nitrogens with zero attached hydrogens (tertiary/aromatic N) is 1. The third-order valence-corrected chi connectivity index (χ3v) is 2.69. The molecule has 14 heavy (non-hydrogen) atoms. The molecule has 1 aromatic rings. The van der Waals surface area contributed by atoms with Gasteiger partial charge in [0.05, 0.1) is 6.33 Å². The molecule has 1 heterocycles. The van der Waals surface area contributed by atoms with Crippen LogP contribution in [0.3, 0.4) is 0 Å². The Morgan fingerprint density at radius 3 is 3.14 bits per heavy atom. The minimum absolute atomic E-state index is 0. The van der Waals surface area contributed by atoms with Gasteiger partial charge in [-0.05, 0) is 18.8 Å². The molecule has 0 amide bonds. The third kappa shape index (κ3) is 3.00. The number of rotatable bonds is 5. The fraction of sp³-hybridized carbons (Fsp3) is 0.700. The predicted molar refractivity (Wildman–Crippen MR) is 59.5 cm³/mol. The van der Waals surface area contributed by atoms with E-state index >= 15 is 0 Å². The lowest BCUT2D eigenvalue weighted by molar-refractivity contribution is 0.595. The van der Waals surface area contributed by atoms with Gasteiger partial charge in [-0.1, -0.05) is 13.3 Å². The number of hydrogen-bond acceptors (Lipinski definition) is 2. The van der Waals surface area contributed by atoms with Crippen LogP contribution in [0.15, 0.2) is 12.5 Å². The van der Waals surface area contributed by atoms with E-state index in [9.17, 15) is 0 Å². The molecule has 1 aliphatic carbocycles. The van der Waals surface area contributed by atoms with E-state index in [-0.39, 0.29) is 12.4 Å². The predicted octanol–water partition coefficient (Wildman–Crippen LogP) is 2.11. The van der Waals surface area contributed by atoms with Gasteiger partial charge in [-0.2, -0.15) is 0 Å². The van der Waals surface area contributed by atoms with Gasteiger partial charge in [-0.3, -0.25) is 0 Å². The maximum Gasteiger partial charge on any atom is 0.0922 e. The molecule has 1 fully saturated rings. The molecular weight excluding hydrogens is 198 g/mol. The highest BCUT2D eigenvalue weighted by Gasteiger charge is 2.35. The summed E-state index contributed by atoms with van der Waals surface area (Å²) in [6.45, 7) is 3.19. The maximum absolute atomic E-state index is 3.98. The number of hydrogen-bond donors (Lipinski definition) is 2. The summed E-state index contributed by atoms with van der Waals surface area (Å²) in [5.41, 5.74) is 1.18. The average Bonchev–Trinajstić information content (AvgIpc) is 2.66. The van der Waals surface area contributed by atoms with Crippen molar-refractivity contribution in [3.05, 3.63) is 18.2 Å². The van der Waals surface area contributed by atoms with Crippen molar-refractivity contribution in [2.75, 3.05) is 0 Å². The average molecular weight is 216 g/mol. The zero-order valence-electron chi connectivity index (χ0n) is 8.49. The van der Waals surface area contributed by atoms with E-state index in [2.05, 4.69) is 22.2 Å². The molecule has 0 bridgehead atoms. The molecule has 1 aliphatic rings. The van der Waals surface area contributed by atoms with E-state index in [1.807, 2.05) is 6.20 Å². The SMILES string of the molecule is CCCC1CC1NCc1cnc[nH]1.Cl. The Labute approximate surface area is 91.1 Å². The van der Waals surface area contributed by atoms with Crippen molar-refractivity contribution in [3.8, 4) is 0 Å². The normalized spacial score (nSPS) is 24.4. The van der Waals surface area contributed by atoms with Crippen molar-refractivity contribution in [2.24, 2.45) is 5.92 Å². The number of imidazole rings is 1. The Bertz CT molecular complexity index is 248. The number of halogens is 1. The van der Waals surface area contributed by atoms with Gasteiger partial charge in [0.2, 0.25) is 0 Å². The molecule has 3 nitrogen and oxygen atoms in total. The molecule has 0 aliphatic heterocycles. The van der Waals surface area contributed by atoms with Crippen molar-refractivity contribution in [3.63, 3.8) is 0 Å². The molecule has 2 rings (SSSR count). The summed E-state index contributed by atoms with van der Waals surface area (Å²) < 4.78 is 0. The van der Waals surface area contributed by atoms with E-state index in [1.165, 1.54) is 25.0 Å². The van der Waals surface area contributed by atoms with Crippen LogP contribution >= 0.6 is 12.4 Å². The van der Waals surface area contributed by atoms with Gasteiger partial charge in [0.1, 0.15) is 0 Å². The lowest BCUT2D eigenvalue weighted by atomic mass is 10.2. The topological polar surface area (TPSA) is 40.7 Å². The number of H-pyrrole nitrogens is 1. The number of aromatic amines is 1. The van der Waals surface area contributed by atoms with Gasteiger partial charge in [0.25, 0.3) is 0 Å². The van der Waals surface area contributed by atoms with Crippen molar-refractivity contribution in [1.82, 2.24) is 15.3 Å². The van der Waals surface area contributed by atoms with Crippen LogP contribution in [0.4, 0.5) is 0 Å². The first kappa shape index (κ1) is 11.5. The fourth-order valence-electron chi connectivity index (χ4n) is 1.81. The van der Waals surface area contributed by atoms with E-state index in [0.29, 0.717) is 0 Å². The molecule has 2 atom stereocenters. The Hall–Kier alpha value is -0.540. The van der Waals surface area contributed by atoms with E-state index in [4.69, 9.17) is 0 Å². The van der Waals surface area contributed by atoms with Gasteiger partial charge in [0, 0.05) is 24.5 Å². The van der Waals surface area contributed by atoms with Crippen LogP contribution < -0.4 is 5.32 Å². The molecule has 1 aromatic heterocycles.